The van der Waals surface area contributed by atoms with Crippen LogP contribution in [0.4, 0.5) is 11.4 Å². The smallest absolute Gasteiger partial charge is 0.261 e. The van der Waals surface area contributed by atoms with Crippen molar-refractivity contribution in [2.45, 2.75) is 18.7 Å². The van der Waals surface area contributed by atoms with E-state index in [0.717, 1.165) is 0 Å². The minimum absolute atomic E-state index is 0.0784. The lowest BCUT2D eigenvalue weighted by Gasteiger charge is -2.12. The summed E-state index contributed by atoms with van der Waals surface area (Å²) in [5.41, 5.74) is 1.34. The number of amides is 1. The van der Waals surface area contributed by atoms with E-state index in [1.54, 1.807) is 60.7 Å². The Kier molecular flexibility index (Phi) is 8.44. The standard InChI is InChI=1S/C24H25N3O5S2/c1-3-31-20-12-8-19(9-13-20)27-34(29,30)22-14-10-18(11-15-22)25-24(33)26-23(28)17-6-5-7-21(16-17)32-4-2/h5-16,27H,3-4H2,1-2H3,(H2,25,26,28,33). The summed E-state index contributed by atoms with van der Waals surface area (Å²) in [6.45, 7) is 4.75. The maximum Gasteiger partial charge on any atom is 0.261 e. The molecule has 3 N–H and O–H groups in total. The summed E-state index contributed by atoms with van der Waals surface area (Å²) >= 11 is 5.20. The second-order valence-corrected chi connectivity index (χ2v) is 9.05. The Morgan fingerprint density at radius 1 is 0.853 bits per heavy atom. The highest BCUT2D eigenvalue weighted by atomic mass is 32.2. The number of carbonyl (C=O) groups is 1. The lowest BCUT2D eigenvalue weighted by molar-refractivity contribution is 0.0977. The molecule has 0 unspecified atom stereocenters. The molecule has 0 atom stereocenters. The van der Waals surface area contributed by atoms with Gasteiger partial charge in [0, 0.05) is 16.9 Å². The van der Waals surface area contributed by atoms with E-state index in [0.29, 0.717) is 41.7 Å². The molecule has 0 radical (unpaired) electrons. The highest BCUT2D eigenvalue weighted by Crippen LogP contribution is 2.21. The van der Waals surface area contributed by atoms with Crippen molar-refractivity contribution in [2.24, 2.45) is 0 Å². The second-order valence-electron chi connectivity index (χ2n) is 6.96. The van der Waals surface area contributed by atoms with Crippen LogP contribution in [0.2, 0.25) is 0 Å². The van der Waals surface area contributed by atoms with E-state index < -0.39 is 15.9 Å². The van der Waals surface area contributed by atoms with Crippen molar-refractivity contribution in [3.8, 4) is 11.5 Å². The maximum absolute atomic E-state index is 12.7. The molecule has 34 heavy (non-hydrogen) atoms. The minimum Gasteiger partial charge on any atom is -0.494 e. The average molecular weight is 500 g/mol. The van der Waals surface area contributed by atoms with Crippen LogP contribution in [0.25, 0.3) is 0 Å². The van der Waals surface area contributed by atoms with Crippen LogP contribution in [0.1, 0.15) is 24.2 Å². The largest absolute Gasteiger partial charge is 0.494 e. The van der Waals surface area contributed by atoms with E-state index in [-0.39, 0.29) is 10.0 Å². The van der Waals surface area contributed by atoms with Gasteiger partial charge in [0.15, 0.2) is 5.11 Å². The molecule has 1 amide bonds. The molecule has 178 valence electrons. The molecular formula is C24H25N3O5S2. The molecule has 0 bridgehead atoms. The predicted octanol–water partition coefficient (Wildman–Crippen LogP) is 4.41. The highest BCUT2D eigenvalue weighted by molar-refractivity contribution is 7.92. The Morgan fingerprint density at radius 2 is 1.47 bits per heavy atom. The molecule has 3 aromatic rings. The fourth-order valence-corrected chi connectivity index (χ4v) is 4.22. The van der Waals surface area contributed by atoms with Crippen LogP contribution < -0.4 is 24.8 Å². The van der Waals surface area contributed by atoms with Crippen LogP contribution >= 0.6 is 12.2 Å². The zero-order valence-electron chi connectivity index (χ0n) is 18.7. The van der Waals surface area contributed by atoms with Crippen molar-refractivity contribution in [3.63, 3.8) is 0 Å². The van der Waals surface area contributed by atoms with Gasteiger partial charge in [-0.2, -0.15) is 0 Å². The molecule has 0 saturated carbocycles. The van der Waals surface area contributed by atoms with Crippen molar-refractivity contribution in [2.75, 3.05) is 23.3 Å². The zero-order valence-corrected chi connectivity index (χ0v) is 20.3. The number of thiocarbonyl (C=S) groups is 1. The Labute approximate surface area is 204 Å². The third-order valence-corrected chi connectivity index (χ3v) is 6.08. The van der Waals surface area contributed by atoms with Crippen LogP contribution in [0.3, 0.4) is 0 Å². The maximum atomic E-state index is 12.7. The molecule has 0 heterocycles. The van der Waals surface area contributed by atoms with Gasteiger partial charge in [-0.05, 0) is 92.8 Å². The van der Waals surface area contributed by atoms with Gasteiger partial charge in [0.05, 0.1) is 18.1 Å². The van der Waals surface area contributed by atoms with E-state index in [4.69, 9.17) is 21.7 Å². The second kappa shape index (κ2) is 11.5. The molecule has 0 aliphatic carbocycles. The summed E-state index contributed by atoms with van der Waals surface area (Å²) in [6.07, 6.45) is 0. The van der Waals surface area contributed by atoms with Gasteiger partial charge in [0.25, 0.3) is 15.9 Å². The molecule has 8 nitrogen and oxygen atoms in total. The summed E-state index contributed by atoms with van der Waals surface area (Å²) in [5, 5.41) is 5.54. The molecule has 0 spiro atoms. The average Bonchev–Trinajstić information content (AvgIpc) is 2.81. The van der Waals surface area contributed by atoms with Gasteiger partial charge in [-0.25, -0.2) is 8.42 Å². The molecule has 0 aliphatic heterocycles. The van der Waals surface area contributed by atoms with Gasteiger partial charge in [0.2, 0.25) is 0 Å². The number of sulfonamides is 1. The lowest BCUT2D eigenvalue weighted by Crippen LogP contribution is -2.34. The van der Waals surface area contributed by atoms with Gasteiger partial charge in [-0.15, -0.1) is 0 Å². The van der Waals surface area contributed by atoms with Crippen LogP contribution in [-0.4, -0.2) is 32.7 Å². The van der Waals surface area contributed by atoms with E-state index >= 15 is 0 Å². The minimum atomic E-state index is -3.78. The summed E-state index contributed by atoms with van der Waals surface area (Å²) in [5.74, 6) is 0.855. The fourth-order valence-electron chi connectivity index (χ4n) is 2.95. The first kappa shape index (κ1) is 25.0. The fraction of sp³-hybridized carbons (Fsp3) is 0.167. The van der Waals surface area contributed by atoms with Crippen LogP contribution in [0.15, 0.2) is 77.7 Å². The van der Waals surface area contributed by atoms with Gasteiger partial charge in [0.1, 0.15) is 11.5 Å². The predicted molar refractivity (Wildman–Crippen MR) is 136 cm³/mol. The molecule has 10 heteroatoms. The van der Waals surface area contributed by atoms with Gasteiger partial charge >= 0.3 is 0 Å². The Morgan fingerprint density at radius 3 is 2.12 bits per heavy atom. The van der Waals surface area contributed by atoms with Crippen molar-refractivity contribution >= 4 is 44.6 Å². The number of nitrogens with one attached hydrogen (secondary N) is 3. The van der Waals surface area contributed by atoms with Crippen LogP contribution in [0, 0.1) is 0 Å². The number of hydrogen-bond donors (Lipinski definition) is 3. The number of hydrogen-bond acceptors (Lipinski definition) is 6. The van der Waals surface area contributed by atoms with E-state index in [2.05, 4.69) is 15.4 Å². The lowest BCUT2D eigenvalue weighted by atomic mass is 10.2. The number of rotatable bonds is 9. The van der Waals surface area contributed by atoms with E-state index in [1.807, 2.05) is 13.8 Å². The quantitative estimate of drug-likeness (QED) is 0.375. The number of anilines is 2. The molecule has 3 aromatic carbocycles. The third kappa shape index (κ3) is 6.93. The van der Waals surface area contributed by atoms with Crippen molar-refractivity contribution in [3.05, 3.63) is 78.4 Å². The van der Waals surface area contributed by atoms with E-state index in [1.165, 1.54) is 12.1 Å². The Bertz CT molecular complexity index is 1240. The normalized spacial score (nSPS) is 10.8. The number of ether oxygens (including phenoxy) is 2. The first-order chi connectivity index (χ1) is 16.3. The highest BCUT2D eigenvalue weighted by Gasteiger charge is 2.15. The van der Waals surface area contributed by atoms with E-state index in [9.17, 15) is 13.2 Å². The third-order valence-electron chi connectivity index (χ3n) is 4.47. The van der Waals surface area contributed by atoms with Crippen molar-refractivity contribution < 1.29 is 22.7 Å². The van der Waals surface area contributed by atoms with Gasteiger partial charge in [-0.3, -0.25) is 14.8 Å². The SMILES string of the molecule is CCOc1ccc(NS(=O)(=O)c2ccc(NC(=S)NC(=O)c3cccc(OCC)c3)cc2)cc1. The molecule has 0 saturated heterocycles. The Hall–Kier alpha value is -3.63. The van der Waals surface area contributed by atoms with Crippen LogP contribution in [-0.2, 0) is 10.0 Å². The molecule has 3 rings (SSSR count). The number of benzene rings is 3. The first-order valence-corrected chi connectivity index (χ1v) is 12.4. The summed E-state index contributed by atoms with van der Waals surface area (Å²) in [6, 6.07) is 19.4. The van der Waals surface area contributed by atoms with Gasteiger partial charge < -0.3 is 14.8 Å². The van der Waals surface area contributed by atoms with Crippen molar-refractivity contribution in [1.82, 2.24) is 5.32 Å². The van der Waals surface area contributed by atoms with Crippen molar-refractivity contribution in [1.29, 1.82) is 0 Å². The summed E-state index contributed by atoms with van der Waals surface area (Å²) < 4.78 is 38.6. The topological polar surface area (TPSA) is 106 Å². The summed E-state index contributed by atoms with van der Waals surface area (Å²) in [4.78, 5) is 12.5. The monoisotopic (exact) mass is 499 g/mol. The number of carbonyl (C=O) groups excluding carboxylic acids is 1. The molecule has 0 fully saturated rings. The summed E-state index contributed by atoms with van der Waals surface area (Å²) in [7, 11) is -3.78. The van der Waals surface area contributed by atoms with Crippen LogP contribution in [0.5, 0.6) is 11.5 Å². The molecular weight excluding hydrogens is 474 g/mol. The zero-order chi connectivity index (χ0) is 24.6. The van der Waals surface area contributed by atoms with Gasteiger partial charge in [-0.1, -0.05) is 6.07 Å². The Balaban J connectivity index is 1.59. The molecule has 0 aromatic heterocycles. The molecule has 0 aliphatic rings. The first-order valence-electron chi connectivity index (χ1n) is 10.5.